The Kier molecular flexibility index (Phi) is 3.70. The zero-order valence-corrected chi connectivity index (χ0v) is 12.1. The monoisotopic (exact) mass is 299 g/mol. The Labute approximate surface area is 124 Å². The minimum Gasteiger partial charge on any atom is -0.465 e. The van der Waals surface area contributed by atoms with E-state index in [4.69, 9.17) is 4.42 Å². The van der Waals surface area contributed by atoms with E-state index in [0.717, 1.165) is 15.0 Å². The summed E-state index contributed by atoms with van der Waals surface area (Å²) in [6, 6.07) is 11.5. The van der Waals surface area contributed by atoms with Gasteiger partial charge >= 0.3 is 0 Å². The van der Waals surface area contributed by atoms with Crippen LogP contribution in [0.5, 0.6) is 0 Å². The number of benzene rings is 1. The van der Waals surface area contributed by atoms with Crippen LogP contribution in [0.15, 0.2) is 58.3 Å². The van der Waals surface area contributed by atoms with Crippen molar-refractivity contribution in [2.45, 2.75) is 0 Å². The predicted molar refractivity (Wildman–Crippen MR) is 82.2 cm³/mol. The van der Waals surface area contributed by atoms with E-state index < -0.39 is 0 Å². The van der Waals surface area contributed by atoms with Crippen LogP contribution >= 0.6 is 11.3 Å². The Morgan fingerprint density at radius 3 is 2.95 bits per heavy atom. The standard InChI is InChI=1S/C15H13N3O2S/c1-18-12-6-2-3-7-13(12)21-15(18)17-16-14(19)9-8-11-5-4-10-20-11/h2-10H,1H3,(H,16,19)/b9-8+,17-15+. The zero-order valence-electron chi connectivity index (χ0n) is 11.3. The van der Waals surface area contributed by atoms with Gasteiger partial charge in [-0.05, 0) is 30.3 Å². The smallest absolute Gasteiger partial charge is 0.264 e. The Morgan fingerprint density at radius 2 is 2.19 bits per heavy atom. The number of carbonyl (C=O) groups is 1. The van der Waals surface area contributed by atoms with Crippen molar-refractivity contribution in [3.05, 3.63) is 59.3 Å². The van der Waals surface area contributed by atoms with Crippen molar-refractivity contribution in [3.63, 3.8) is 0 Å². The molecule has 1 N–H and O–H groups in total. The number of hydrogen-bond acceptors (Lipinski definition) is 4. The van der Waals surface area contributed by atoms with Gasteiger partial charge in [0.05, 0.1) is 16.5 Å². The first-order valence-electron chi connectivity index (χ1n) is 6.34. The van der Waals surface area contributed by atoms with E-state index in [9.17, 15) is 4.79 Å². The second kappa shape index (κ2) is 5.80. The van der Waals surface area contributed by atoms with Crippen molar-refractivity contribution >= 4 is 33.5 Å². The van der Waals surface area contributed by atoms with Crippen molar-refractivity contribution < 1.29 is 9.21 Å². The molecule has 0 radical (unpaired) electrons. The molecule has 2 heterocycles. The van der Waals surface area contributed by atoms with Crippen molar-refractivity contribution in [1.29, 1.82) is 0 Å². The van der Waals surface area contributed by atoms with Crippen LogP contribution in [0.1, 0.15) is 5.76 Å². The molecule has 0 aliphatic heterocycles. The normalized spacial score (nSPS) is 12.3. The van der Waals surface area contributed by atoms with Crippen molar-refractivity contribution in [1.82, 2.24) is 9.99 Å². The number of fused-ring (bicyclic) bond motifs is 1. The summed E-state index contributed by atoms with van der Waals surface area (Å²) in [5, 5.41) is 4.14. The lowest BCUT2D eigenvalue weighted by atomic mass is 10.3. The summed E-state index contributed by atoms with van der Waals surface area (Å²) in [5.74, 6) is 0.321. The number of nitrogens with one attached hydrogen (secondary N) is 1. The molecule has 0 saturated heterocycles. The van der Waals surface area contributed by atoms with Crippen LogP contribution in [0.3, 0.4) is 0 Å². The molecule has 3 aromatic rings. The Morgan fingerprint density at radius 1 is 1.33 bits per heavy atom. The summed E-state index contributed by atoms with van der Waals surface area (Å²) in [7, 11) is 1.92. The number of aryl methyl sites for hydroxylation is 1. The first-order chi connectivity index (χ1) is 10.2. The number of amides is 1. The first kappa shape index (κ1) is 13.4. The average Bonchev–Trinajstić information content (AvgIpc) is 3.12. The summed E-state index contributed by atoms with van der Waals surface area (Å²) in [5.41, 5.74) is 3.60. The van der Waals surface area contributed by atoms with Crippen LogP contribution in [-0.4, -0.2) is 10.5 Å². The molecule has 3 rings (SSSR count). The fraction of sp³-hybridized carbons (Fsp3) is 0.0667. The maximum atomic E-state index is 11.7. The van der Waals surface area contributed by atoms with Gasteiger partial charge in [0.25, 0.3) is 5.91 Å². The van der Waals surface area contributed by atoms with Gasteiger partial charge in [-0.15, -0.1) is 5.10 Å². The lowest BCUT2D eigenvalue weighted by Gasteiger charge is -1.94. The van der Waals surface area contributed by atoms with Crippen LogP contribution < -0.4 is 10.2 Å². The number of furan rings is 1. The molecule has 106 valence electrons. The van der Waals surface area contributed by atoms with Crippen LogP contribution in [0.2, 0.25) is 0 Å². The van der Waals surface area contributed by atoms with Crippen molar-refractivity contribution in [2.75, 3.05) is 0 Å². The van der Waals surface area contributed by atoms with Gasteiger partial charge in [0.15, 0.2) is 0 Å². The summed E-state index contributed by atoms with van der Waals surface area (Å²) in [4.78, 5) is 12.4. The van der Waals surface area contributed by atoms with E-state index in [0.29, 0.717) is 5.76 Å². The molecule has 0 spiro atoms. The maximum Gasteiger partial charge on any atom is 0.264 e. The van der Waals surface area contributed by atoms with Gasteiger partial charge in [-0.2, -0.15) is 0 Å². The van der Waals surface area contributed by atoms with E-state index >= 15 is 0 Å². The summed E-state index contributed by atoms with van der Waals surface area (Å²) in [6.45, 7) is 0. The maximum absolute atomic E-state index is 11.7. The molecular formula is C15H13N3O2S. The third-order valence-corrected chi connectivity index (χ3v) is 4.03. The summed E-state index contributed by atoms with van der Waals surface area (Å²) >= 11 is 1.52. The highest BCUT2D eigenvalue weighted by molar-refractivity contribution is 7.16. The third kappa shape index (κ3) is 2.95. The number of para-hydroxylation sites is 1. The zero-order chi connectivity index (χ0) is 14.7. The largest absolute Gasteiger partial charge is 0.465 e. The fourth-order valence-corrected chi connectivity index (χ4v) is 2.85. The van der Waals surface area contributed by atoms with E-state index in [1.165, 1.54) is 17.4 Å². The third-order valence-electron chi connectivity index (χ3n) is 2.92. The molecule has 0 saturated carbocycles. The number of carbonyl (C=O) groups excluding carboxylic acids is 1. The van der Waals surface area contributed by atoms with Crippen molar-refractivity contribution in [2.24, 2.45) is 12.1 Å². The molecule has 2 aromatic heterocycles. The topological polar surface area (TPSA) is 59.5 Å². The molecular weight excluding hydrogens is 286 g/mol. The molecule has 0 unspecified atom stereocenters. The van der Waals surface area contributed by atoms with Crippen LogP contribution in [0.25, 0.3) is 16.3 Å². The highest BCUT2D eigenvalue weighted by Crippen LogP contribution is 2.14. The van der Waals surface area contributed by atoms with Gasteiger partial charge in [-0.3, -0.25) is 4.79 Å². The highest BCUT2D eigenvalue weighted by atomic mass is 32.1. The SMILES string of the molecule is Cn1/c(=N\NC(=O)/C=C/c2ccco2)sc2ccccc21. The van der Waals surface area contributed by atoms with Gasteiger partial charge in [0, 0.05) is 13.1 Å². The summed E-state index contributed by atoms with van der Waals surface area (Å²) in [6.07, 6.45) is 4.53. The van der Waals surface area contributed by atoms with E-state index in [1.807, 2.05) is 35.9 Å². The average molecular weight is 299 g/mol. The molecule has 21 heavy (non-hydrogen) atoms. The Balaban J connectivity index is 1.78. The molecule has 0 aliphatic rings. The quantitative estimate of drug-likeness (QED) is 0.596. The predicted octanol–water partition coefficient (Wildman–Crippen LogP) is 2.48. The van der Waals surface area contributed by atoms with Gasteiger partial charge < -0.3 is 8.98 Å². The highest BCUT2D eigenvalue weighted by Gasteiger charge is 2.01. The lowest BCUT2D eigenvalue weighted by molar-refractivity contribution is -0.116. The Hall–Kier alpha value is -2.60. The van der Waals surface area contributed by atoms with E-state index in [-0.39, 0.29) is 5.91 Å². The van der Waals surface area contributed by atoms with E-state index in [1.54, 1.807) is 24.5 Å². The minimum atomic E-state index is -0.302. The van der Waals surface area contributed by atoms with Gasteiger partial charge in [-0.1, -0.05) is 23.5 Å². The van der Waals surface area contributed by atoms with Crippen LogP contribution in [0.4, 0.5) is 0 Å². The number of rotatable bonds is 3. The van der Waals surface area contributed by atoms with Crippen LogP contribution in [-0.2, 0) is 11.8 Å². The van der Waals surface area contributed by atoms with Gasteiger partial charge in [0.2, 0.25) is 4.80 Å². The molecule has 1 amide bonds. The van der Waals surface area contributed by atoms with Crippen molar-refractivity contribution in [3.8, 4) is 0 Å². The van der Waals surface area contributed by atoms with Gasteiger partial charge in [0.1, 0.15) is 5.76 Å². The second-order valence-corrected chi connectivity index (χ2v) is 5.36. The molecule has 0 atom stereocenters. The fourth-order valence-electron chi connectivity index (χ4n) is 1.87. The molecule has 0 aliphatic carbocycles. The number of thiazole rings is 1. The lowest BCUT2D eigenvalue weighted by Crippen LogP contribution is -2.21. The first-order valence-corrected chi connectivity index (χ1v) is 7.15. The van der Waals surface area contributed by atoms with Crippen LogP contribution in [0, 0.1) is 0 Å². The molecule has 0 bridgehead atoms. The second-order valence-electron chi connectivity index (χ2n) is 4.35. The molecule has 0 fully saturated rings. The number of nitrogens with zero attached hydrogens (tertiary/aromatic N) is 2. The molecule has 5 nitrogen and oxygen atoms in total. The Bertz CT molecular complexity index is 857. The van der Waals surface area contributed by atoms with E-state index in [2.05, 4.69) is 10.5 Å². The number of hydrogen-bond donors (Lipinski definition) is 1. The molecule has 6 heteroatoms. The number of aromatic nitrogens is 1. The van der Waals surface area contributed by atoms with Gasteiger partial charge in [-0.25, -0.2) is 5.43 Å². The molecule has 1 aromatic carbocycles. The minimum absolute atomic E-state index is 0.302. The summed E-state index contributed by atoms with van der Waals surface area (Å²) < 4.78 is 8.17.